The molecule has 0 aliphatic carbocycles. The van der Waals surface area contributed by atoms with E-state index in [1.807, 2.05) is 6.07 Å². The van der Waals surface area contributed by atoms with E-state index in [1.54, 1.807) is 12.3 Å². The monoisotopic (exact) mass is 257 g/mol. The fraction of sp³-hybridized carbons (Fsp3) is 0.231. The summed E-state index contributed by atoms with van der Waals surface area (Å²) in [5, 5.41) is 5.90. The van der Waals surface area contributed by atoms with Crippen LogP contribution >= 0.6 is 0 Å². The Morgan fingerprint density at radius 1 is 1.26 bits per heavy atom. The van der Waals surface area contributed by atoms with E-state index in [-0.39, 0.29) is 5.91 Å². The van der Waals surface area contributed by atoms with Crippen molar-refractivity contribution < 1.29 is 4.79 Å². The smallest absolute Gasteiger partial charge is 0.274 e. The number of anilines is 2. The summed E-state index contributed by atoms with van der Waals surface area (Å²) in [5.41, 5.74) is 1.78. The lowest BCUT2D eigenvalue weighted by atomic mass is 10.3. The third-order valence-corrected chi connectivity index (χ3v) is 2.39. The molecule has 6 nitrogen and oxygen atoms in total. The van der Waals surface area contributed by atoms with Gasteiger partial charge in [0.25, 0.3) is 5.91 Å². The Hall–Kier alpha value is -2.50. The van der Waals surface area contributed by atoms with Crippen molar-refractivity contribution in [2.24, 2.45) is 0 Å². The predicted octanol–water partition coefficient (Wildman–Crippen LogP) is 1.95. The molecule has 0 saturated heterocycles. The van der Waals surface area contributed by atoms with Gasteiger partial charge in [0.1, 0.15) is 12.0 Å². The van der Waals surface area contributed by atoms with Gasteiger partial charge in [0.15, 0.2) is 0 Å². The molecule has 0 fully saturated rings. The molecule has 0 unspecified atom stereocenters. The van der Waals surface area contributed by atoms with E-state index in [9.17, 15) is 4.79 Å². The fourth-order valence-corrected chi connectivity index (χ4v) is 1.49. The first kappa shape index (κ1) is 12.9. The molecule has 2 aromatic rings. The van der Waals surface area contributed by atoms with Crippen LogP contribution in [0.4, 0.5) is 11.4 Å². The Morgan fingerprint density at radius 3 is 2.79 bits per heavy atom. The molecule has 2 aromatic heterocycles. The summed E-state index contributed by atoms with van der Waals surface area (Å²) in [6.45, 7) is 2.94. The van der Waals surface area contributed by atoms with Crippen LogP contribution in [0.25, 0.3) is 0 Å². The Morgan fingerprint density at radius 2 is 2.05 bits per heavy atom. The highest BCUT2D eigenvalue weighted by Crippen LogP contribution is 2.10. The molecule has 2 rings (SSSR count). The van der Waals surface area contributed by atoms with E-state index < -0.39 is 0 Å². The van der Waals surface area contributed by atoms with Crippen LogP contribution in [0.15, 0.2) is 37.1 Å². The average Bonchev–Trinajstić information content (AvgIpc) is 2.46. The Kier molecular flexibility index (Phi) is 4.39. The summed E-state index contributed by atoms with van der Waals surface area (Å²) in [7, 11) is 0. The van der Waals surface area contributed by atoms with Gasteiger partial charge in [-0.05, 0) is 18.6 Å². The van der Waals surface area contributed by atoms with Gasteiger partial charge in [0, 0.05) is 18.4 Å². The average molecular weight is 257 g/mol. The molecule has 2 heterocycles. The first-order valence-electron chi connectivity index (χ1n) is 6.06. The quantitative estimate of drug-likeness (QED) is 0.855. The third kappa shape index (κ3) is 3.74. The van der Waals surface area contributed by atoms with Crippen LogP contribution < -0.4 is 10.6 Å². The molecular formula is C13H15N5O. The van der Waals surface area contributed by atoms with Crippen molar-refractivity contribution in [3.05, 3.63) is 42.7 Å². The van der Waals surface area contributed by atoms with Gasteiger partial charge >= 0.3 is 0 Å². The van der Waals surface area contributed by atoms with Crippen LogP contribution in [0, 0.1) is 0 Å². The Bertz CT molecular complexity index is 544. The number of carbonyl (C=O) groups excluding carboxylic acids is 1. The van der Waals surface area contributed by atoms with Crippen LogP contribution in [-0.2, 0) is 0 Å². The standard InChI is InChI=1S/C13H15N5O/c1-2-4-16-10-3-5-17-12(6-10)13(19)18-11-7-14-9-15-8-11/h3,5-9H,2,4H2,1H3,(H,16,17)(H,18,19). The molecule has 0 radical (unpaired) electrons. The molecule has 19 heavy (non-hydrogen) atoms. The molecule has 0 saturated carbocycles. The summed E-state index contributed by atoms with van der Waals surface area (Å²) in [6.07, 6.45) is 7.09. The van der Waals surface area contributed by atoms with Crippen LogP contribution in [0.1, 0.15) is 23.8 Å². The van der Waals surface area contributed by atoms with E-state index >= 15 is 0 Å². The number of carbonyl (C=O) groups is 1. The zero-order valence-electron chi connectivity index (χ0n) is 10.6. The number of amides is 1. The van der Waals surface area contributed by atoms with E-state index in [2.05, 4.69) is 32.5 Å². The van der Waals surface area contributed by atoms with Gasteiger partial charge in [-0.3, -0.25) is 9.78 Å². The summed E-state index contributed by atoms with van der Waals surface area (Å²) >= 11 is 0. The summed E-state index contributed by atoms with van der Waals surface area (Å²) < 4.78 is 0. The topological polar surface area (TPSA) is 79.8 Å². The van der Waals surface area contributed by atoms with Gasteiger partial charge < -0.3 is 10.6 Å². The molecule has 6 heteroatoms. The van der Waals surface area contributed by atoms with Gasteiger partial charge in [0.2, 0.25) is 0 Å². The number of aromatic nitrogens is 3. The van der Waals surface area contributed by atoms with Crippen molar-refractivity contribution in [1.82, 2.24) is 15.0 Å². The maximum atomic E-state index is 12.0. The SMILES string of the molecule is CCCNc1ccnc(C(=O)Nc2cncnc2)c1. The largest absolute Gasteiger partial charge is 0.385 e. The van der Waals surface area contributed by atoms with Crippen LogP contribution in [0.5, 0.6) is 0 Å². The van der Waals surface area contributed by atoms with Crippen molar-refractivity contribution in [2.75, 3.05) is 17.2 Å². The highest BCUT2D eigenvalue weighted by Gasteiger charge is 2.08. The molecule has 1 amide bonds. The van der Waals surface area contributed by atoms with Gasteiger partial charge in [-0.25, -0.2) is 9.97 Å². The second kappa shape index (κ2) is 6.44. The fourth-order valence-electron chi connectivity index (χ4n) is 1.49. The predicted molar refractivity (Wildman–Crippen MR) is 73.0 cm³/mol. The third-order valence-electron chi connectivity index (χ3n) is 2.39. The number of pyridine rings is 1. The number of hydrogen-bond donors (Lipinski definition) is 2. The molecule has 0 bridgehead atoms. The number of hydrogen-bond acceptors (Lipinski definition) is 5. The molecular weight excluding hydrogens is 242 g/mol. The lowest BCUT2D eigenvalue weighted by Gasteiger charge is -2.07. The highest BCUT2D eigenvalue weighted by molar-refractivity contribution is 6.03. The van der Waals surface area contributed by atoms with Crippen LogP contribution in [-0.4, -0.2) is 27.4 Å². The number of nitrogens with zero attached hydrogens (tertiary/aromatic N) is 3. The number of rotatable bonds is 5. The van der Waals surface area contributed by atoms with Crippen LogP contribution in [0.3, 0.4) is 0 Å². The maximum absolute atomic E-state index is 12.0. The second-order valence-corrected chi connectivity index (χ2v) is 3.94. The number of nitrogens with one attached hydrogen (secondary N) is 2. The normalized spacial score (nSPS) is 9.95. The zero-order valence-corrected chi connectivity index (χ0v) is 10.6. The van der Waals surface area contributed by atoms with Gasteiger partial charge in [0.05, 0.1) is 18.1 Å². The van der Waals surface area contributed by atoms with Crippen molar-refractivity contribution >= 4 is 17.3 Å². The minimum absolute atomic E-state index is 0.282. The zero-order chi connectivity index (χ0) is 13.5. The molecule has 0 atom stereocenters. The van der Waals surface area contributed by atoms with Crippen LogP contribution in [0.2, 0.25) is 0 Å². The van der Waals surface area contributed by atoms with Gasteiger partial charge in [-0.1, -0.05) is 6.92 Å². The molecule has 0 spiro atoms. The summed E-state index contributed by atoms with van der Waals surface area (Å²) in [4.78, 5) is 23.7. The van der Waals surface area contributed by atoms with E-state index in [0.29, 0.717) is 11.4 Å². The van der Waals surface area contributed by atoms with E-state index in [4.69, 9.17) is 0 Å². The molecule has 2 N–H and O–H groups in total. The second-order valence-electron chi connectivity index (χ2n) is 3.94. The Labute approximate surface area is 111 Å². The molecule has 0 aliphatic rings. The van der Waals surface area contributed by atoms with Gasteiger partial charge in [-0.2, -0.15) is 0 Å². The first-order chi connectivity index (χ1) is 9.29. The first-order valence-corrected chi connectivity index (χ1v) is 6.06. The van der Waals surface area contributed by atoms with Crippen molar-refractivity contribution in [3.8, 4) is 0 Å². The maximum Gasteiger partial charge on any atom is 0.274 e. The Balaban J connectivity index is 2.06. The summed E-state index contributed by atoms with van der Waals surface area (Å²) in [5.74, 6) is -0.282. The molecule has 0 aliphatic heterocycles. The lowest BCUT2D eigenvalue weighted by molar-refractivity contribution is 0.102. The van der Waals surface area contributed by atoms with E-state index in [0.717, 1.165) is 18.7 Å². The molecule has 98 valence electrons. The van der Waals surface area contributed by atoms with Crippen molar-refractivity contribution in [3.63, 3.8) is 0 Å². The summed E-state index contributed by atoms with van der Waals surface area (Å²) in [6, 6.07) is 3.55. The highest BCUT2D eigenvalue weighted by atomic mass is 16.1. The van der Waals surface area contributed by atoms with E-state index in [1.165, 1.54) is 18.7 Å². The van der Waals surface area contributed by atoms with Crippen molar-refractivity contribution in [1.29, 1.82) is 0 Å². The molecule has 0 aromatic carbocycles. The lowest BCUT2D eigenvalue weighted by Crippen LogP contribution is -2.14. The minimum atomic E-state index is -0.282. The minimum Gasteiger partial charge on any atom is -0.385 e. The van der Waals surface area contributed by atoms with Crippen molar-refractivity contribution in [2.45, 2.75) is 13.3 Å². The van der Waals surface area contributed by atoms with Gasteiger partial charge in [-0.15, -0.1) is 0 Å².